The van der Waals surface area contributed by atoms with E-state index >= 15 is 0 Å². The van der Waals surface area contributed by atoms with Crippen LogP contribution in [0.4, 0.5) is 0 Å². The molecule has 2 nitrogen and oxygen atoms in total. The molecule has 1 aromatic carbocycles. The molecule has 1 aromatic rings. The molecule has 1 heterocycles. The summed E-state index contributed by atoms with van der Waals surface area (Å²) in [6, 6.07) is 4.44. The Balaban J connectivity index is 2.08. The lowest BCUT2D eigenvalue weighted by atomic mass is 9.83. The average molecular weight is 311 g/mol. The number of halogens is 1. The van der Waals surface area contributed by atoms with Gasteiger partial charge >= 0.3 is 0 Å². The molecule has 3 heteroatoms. The third-order valence-electron chi connectivity index (χ3n) is 4.64. The van der Waals surface area contributed by atoms with Gasteiger partial charge in [0.2, 0.25) is 0 Å². The van der Waals surface area contributed by atoms with Crippen molar-refractivity contribution in [1.29, 1.82) is 0 Å². The fraction of sp³-hybridized carbons (Fsp3) is 0.600. The summed E-state index contributed by atoms with van der Waals surface area (Å²) < 4.78 is 6.84. The van der Waals surface area contributed by atoms with Crippen LogP contribution >= 0.6 is 15.9 Å². The minimum Gasteiger partial charge on any atom is -0.491 e. The molecule has 1 N–H and O–H groups in total. The van der Waals surface area contributed by atoms with E-state index in [2.05, 4.69) is 48.8 Å². The molecule has 1 fully saturated rings. The fourth-order valence-electron chi connectivity index (χ4n) is 2.98. The van der Waals surface area contributed by atoms with Crippen LogP contribution in [0.25, 0.3) is 0 Å². The molecule has 0 amide bonds. The molecule has 0 saturated heterocycles. The van der Waals surface area contributed by atoms with Crippen LogP contribution in [-0.2, 0) is 10.8 Å². The maximum absolute atomic E-state index is 9.33. The van der Waals surface area contributed by atoms with Gasteiger partial charge in [0.1, 0.15) is 5.75 Å². The third-order valence-corrected chi connectivity index (χ3v) is 5.23. The van der Waals surface area contributed by atoms with E-state index in [1.165, 1.54) is 11.1 Å². The Morgan fingerprint density at radius 1 is 1.39 bits per heavy atom. The first kappa shape index (κ1) is 12.5. The highest BCUT2D eigenvalue weighted by Crippen LogP contribution is 2.56. The van der Waals surface area contributed by atoms with E-state index in [0.717, 1.165) is 23.2 Å². The van der Waals surface area contributed by atoms with Crippen molar-refractivity contribution in [1.82, 2.24) is 0 Å². The minimum absolute atomic E-state index is 0.0772. The van der Waals surface area contributed by atoms with E-state index in [-0.39, 0.29) is 17.4 Å². The molecule has 2 aliphatic rings. The van der Waals surface area contributed by atoms with Gasteiger partial charge in [-0.05, 0) is 45.3 Å². The standard InChI is InChI=1S/C15H19BrO2/c1-14(2)8-18-13-11(14)4-9(5-12(13)16)15(3)6-10(15)7-17/h4-5,10,17H,6-8H2,1-3H3. The zero-order chi connectivity index (χ0) is 13.1. The highest BCUT2D eigenvalue weighted by Gasteiger charge is 2.51. The number of benzene rings is 1. The lowest BCUT2D eigenvalue weighted by Crippen LogP contribution is -2.19. The summed E-state index contributed by atoms with van der Waals surface area (Å²) in [6.45, 7) is 7.70. The van der Waals surface area contributed by atoms with Gasteiger partial charge in [0.05, 0.1) is 11.1 Å². The summed E-state index contributed by atoms with van der Waals surface area (Å²) in [4.78, 5) is 0. The Morgan fingerprint density at radius 3 is 2.72 bits per heavy atom. The van der Waals surface area contributed by atoms with Crippen molar-refractivity contribution in [2.45, 2.75) is 38.0 Å². The molecule has 2 atom stereocenters. The second kappa shape index (κ2) is 3.73. The Morgan fingerprint density at radius 2 is 2.11 bits per heavy atom. The normalized spacial score (nSPS) is 31.9. The zero-order valence-corrected chi connectivity index (χ0v) is 12.7. The summed E-state index contributed by atoms with van der Waals surface area (Å²) in [5, 5.41) is 9.33. The summed E-state index contributed by atoms with van der Waals surface area (Å²) >= 11 is 3.62. The minimum atomic E-state index is 0.0772. The number of aliphatic hydroxyl groups is 1. The highest BCUT2D eigenvalue weighted by molar-refractivity contribution is 9.10. The maximum Gasteiger partial charge on any atom is 0.137 e. The summed E-state index contributed by atoms with van der Waals surface area (Å²) in [6.07, 6.45) is 1.08. The molecule has 98 valence electrons. The number of hydrogen-bond acceptors (Lipinski definition) is 2. The Kier molecular flexibility index (Phi) is 2.59. The molecule has 18 heavy (non-hydrogen) atoms. The van der Waals surface area contributed by atoms with Crippen molar-refractivity contribution in [3.63, 3.8) is 0 Å². The van der Waals surface area contributed by atoms with E-state index in [4.69, 9.17) is 4.74 Å². The van der Waals surface area contributed by atoms with E-state index < -0.39 is 0 Å². The van der Waals surface area contributed by atoms with Gasteiger partial charge < -0.3 is 9.84 Å². The van der Waals surface area contributed by atoms with Crippen LogP contribution in [0.1, 0.15) is 38.3 Å². The predicted molar refractivity (Wildman–Crippen MR) is 75.2 cm³/mol. The fourth-order valence-corrected chi connectivity index (χ4v) is 3.55. The third kappa shape index (κ3) is 1.64. The average Bonchev–Trinajstić information content (AvgIpc) is 2.89. The van der Waals surface area contributed by atoms with Crippen LogP contribution in [0.3, 0.4) is 0 Å². The molecule has 0 radical (unpaired) electrons. The molecule has 2 unspecified atom stereocenters. The van der Waals surface area contributed by atoms with Gasteiger partial charge in [0.25, 0.3) is 0 Å². The van der Waals surface area contributed by atoms with E-state index in [9.17, 15) is 5.11 Å². The van der Waals surface area contributed by atoms with Crippen molar-refractivity contribution in [2.75, 3.05) is 13.2 Å². The van der Waals surface area contributed by atoms with Crippen LogP contribution in [0.5, 0.6) is 5.75 Å². The highest BCUT2D eigenvalue weighted by atomic mass is 79.9. The maximum atomic E-state index is 9.33. The lowest BCUT2D eigenvalue weighted by molar-refractivity contribution is 0.265. The number of fused-ring (bicyclic) bond motifs is 1. The van der Waals surface area contributed by atoms with Gasteiger partial charge in [-0.2, -0.15) is 0 Å². The van der Waals surface area contributed by atoms with Crippen molar-refractivity contribution in [2.24, 2.45) is 5.92 Å². The predicted octanol–water partition coefficient (Wildman–Crippen LogP) is 3.39. The molecule has 1 saturated carbocycles. The quantitative estimate of drug-likeness (QED) is 0.907. The van der Waals surface area contributed by atoms with E-state index in [0.29, 0.717) is 5.92 Å². The summed E-state index contributed by atoms with van der Waals surface area (Å²) in [5.74, 6) is 1.40. The number of rotatable bonds is 2. The number of aliphatic hydroxyl groups excluding tert-OH is 1. The van der Waals surface area contributed by atoms with Crippen molar-refractivity contribution in [3.8, 4) is 5.75 Å². The van der Waals surface area contributed by atoms with E-state index in [1.807, 2.05) is 0 Å². The number of hydrogen-bond donors (Lipinski definition) is 1. The molecular formula is C15H19BrO2. The van der Waals surface area contributed by atoms with Gasteiger partial charge in [-0.1, -0.05) is 26.8 Å². The van der Waals surface area contributed by atoms with Crippen LogP contribution < -0.4 is 4.74 Å². The number of ether oxygens (including phenoxy) is 1. The van der Waals surface area contributed by atoms with Crippen molar-refractivity contribution in [3.05, 3.63) is 27.7 Å². The largest absolute Gasteiger partial charge is 0.491 e. The first-order valence-electron chi connectivity index (χ1n) is 6.46. The molecule has 1 aliphatic carbocycles. The van der Waals surface area contributed by atoms with Crippen molar-refractivity contribution < 1.29 is 9.84 Å². The van der Waals surface area contributed by atoms with E-state index in [1.54, 1.807) is 0 Å². The Hall–Kier alpha value is -0.540. The SMILES string of the molecule is CC1(C)COc2c(Br)cc(C3(C)CC3CO)cc21. The first-order chi connectivity index (χ1) is 8.38. The van der Waals surface area contributed by atoms with Crippen LogP contribution in [-0.4, -0.2) is 18.3 Å². The summed E-state index contributed by atoms with van der Waals surface area (Å²) in [5.41, 5.74) is 2.83. The van der Waals surface area contributed by atoms with Gasteiger partial charge in [-0.3, -0.25) is 0 Å². The van der Waals surface area contributed by atoms with Gasteiger partial charge in [0, 0.05) is 17.6 Å². The van der Waals surface area contributed by atoms with Crippen LogP contribution in [0, 0.1) is 5.92 Å². The monoisotopic (exact) mass is 310 g/mol. The molecule has 1 aliphatic heterocycles. The van der Waals surface area contributed by atoms with Crippen LogP contribution in [0.2, 0.25) is 0 Å². The van der Waals surface area contributed by atoms with Crippen molar-refractivity contribution >= 4 is 15.9 Å². The van der Waals surface area contributed by atoms with Crippen LogP contribution in [0.15, 0.2) is 16.6 Å². The molecule has 3 rings (SSSR count). The van der Waals surface area contributed by atoms with Gasteiger partial charge in [-0.15, -0.1) is 0 Å². The molecule has 0 bridgehead atoms. The smallest absolute Gasteiger partial charge is 0.137 e. The molecule has 0 aromatic heterocycles. The molecular weight excluding hydrogens is 292 g/mol. The Bertz CT molecular complexity index is 509. The lowest BCUT2D eigenvalue weighted by Gasteiger charge is -2.19. The molecule has 0 spiro atoms. The second-order valence-corrected chi connectivity index (χ2v) is 7.36. The second-order valence-electron chi connectivity index (χ2n) is 6.51. The topological polar surface area (TPSA) is 29.5 Å². The zero-order valence-electron chi connectivity index (χ0n) is 11.1. The van der Waals surface area contributed by atoms with Gasteiger partial charge in [0.15, 0.2) is 0 Å². The summed E-state index contributed by atoms with van der Waals surface area (Å²) in [7, 11) is 0. The Labute approximate surface area is 116 Å². The first-order valence-corrected chi connectivity index (χ1v) is 7.26. The van der Waals surface area contributed by atoms with Gasteiger partial charge in [-0.25, -0.2) is 0 Å².